The summed E-state index contributed by atoms with van der Waals surface area (Å²) in [7, 11) is -4.91. The molecule has 0 N–H and O–H groups in total. The van der Waals surface area contributed by atoms with Gasteiger partial charge in [-0.05, 0) is 140 Å². The minimum absolute atomic E-state index is 0. The minimum atomic E-state index is -1.65. The Labute approximate surface area is 364 Å². The van der Waals surface area contributed by atoms with Gasteiger partial charge in [-0.15, -0.1) is 0 Å². The lowest BCUT2D eigenvalue weighted by Gasteiger charge is -2.21. The van der Waals surface area contributed by atoms with E-state index in [0.29, 0.717) is 0 Å². The Morgan fingerprint density at radius 1 is 0.333 bits per heavy atom. The van der Waals surface area contributed by atoms with Crippen LogP contribution in [0.1, 0.15) is 46.4 Å². The number of rotatable bonds is 13. The smallest absolute Gasteiger partial charge is 0.242 e. The van der Waals surface area contributed by atoms with Gasteiger partial charge in [0.25, 0.3) is 0 Å². The molecular weight excluding hydrogens is 781 g/mol. The molecule has 7 aromatic carbocycles. The summed E-state index contributed by atoms with van der Waals surface area (Å²) in [6, 6.07) is 56.4. The van der Waals surface area contributed by atoms with Gasteiger partial charge in [0.2, 0.25) is 25.0 Å². The van der Waals surface area contributed by atoms with Crippen molar-refractivity contribution in [2.45, 2.75) is 92.5 Å². The SMILES string of the molecule is C.C[Si](C)(C)Oc1ccccc1Cc1ccc(-c2ccc(Cc3ccccc3O[Si](C)(C)C)cc2)cc1.Cc1ccc(Cc2cccc3c(O[Si](C)(C)C)cccc23)cc1. The first-order valence-corrected chi connectivity index (χ1v) is 31.2. The molecule has 0 amide bonds. The highest BCUT2D eigenvalue weighted by Crippen LogP contribution is 2.32. The lowest BCUT2D eigenvalue weighted by molar-refractivity contribution is 0.550. The van der Waals surface area contributed by atoms with Crippen molar-refractivity contribution in [2.24, 2.45) is 0 Å². The van der Waals surface area contributed by atoms with Crippen molar-refractivity contribution < 1.29 is 13.3 Å². The van der Waals surface area contributed by atoms with Crippen molar-refractivity contribution in [1.82, 2.24) is 0 Å². The van der Waals surface area contributed by atoms with Gasteiger partial charge in [-0.3, -0.25) is 0 Å². The maximum absolute atomic E-state index is 6.32. The van der Waals surface area contributed by atoms with Crippen molar-refractivity contribution in [2.75, 3.05) is 0 Å². The van der Waals surface area contributed by atoms with E-state index in [0.717, 1.165) is 36.5 Å². The fourth-order valence-electron chi connectivity index (χ4n) is 7.07. The maximum atomic E-state index is 6.32. The van der Waals surface area contributed by atoms with E-state index >= 15 is 0 Å². The number of fused-ring (bicyclic) bond motifs is 1. The van der Waals surface area contributed by atoms with Gasteiger partial charge in [0.05, 0.1) is 0 Å². The van der Waals surface area contributed by atoms with Crippen molar-refractivity contribution in [3.63, 3.8) is 0 Å². The van der Waals surface area contributed by atoms with Crippen molar-refractivity contribution in [3.8, 4) is 28.4 Å². The monoisotopic (exact) mass is 846 g/mol. The molecule has 0 saturated carbocycles. The topological polar surface area (TPSA) is 27.7 Å². The van der Waals surface area contributed by atoms with Crippen LogP contribution in [0.3, 0.4) is 0 Å². The highest BCUT2D eigenvalue weighted by Gasteiger charge is 2.20. The standard InChI is InChI=1S/C32H38O2Si2.C21H24OSi.CH4/c1-35(2,3)33-31-13-9-7-11-29(31)23-25-15-19-27(20-16-25)28-21-17-26(18-22-28)24-30-12-8-10-14-32(30)34-36(4,5)6;1-16-11-13-17(14-12-16)15-18-7-5-9-20-19(18)8-6-10-21(20)22-23(2,3)4;/h7-22H,23-24H2,1-6H3;5-14H,15H2,1-4H3;1H4. The molecule has 0 unspecified atom stereocenters. The summed E-state index contributed by atoms with van der Waals surface area (Å²) >= 11 is 0. The number of hydrogen-bond donors (Lipinski definition) is 0. The number of hydrogen-bond acceptors (Lipinski definition) is 3. The predicted molar refractivity (Wildman–Crippen MR) is 267 cm³/mol. The van der Waals surface area contributed by atoms with Gasteiger partial charge in [0.1, 0.15) is 17.2 Å². The molecule has 7 aromatic rings. The normalized spacial score (nSPS) is 11.6. The van der Waals surface area contributed by atoms with Crippen LogP contribution in [0, 0.1) is 6.92 Å². The van der Waals surface area contributed by atoms with Crippen LogP contribution in [0.5, 0.6) is 17.2 Å². The van der Waals surface area contributed by atoms with E-state index < -0.39 is 25.0 Å². The van der Waals surface area contributed by atoms with E-state index in [2.05, 4.69) is 224 Å². The van der Waals surface area contributed by atoms with Gasteiger partial charge in [-0.25, -0.2) is 0 Å². The highest BCUT2D eigenvalue weighted by atomic mass is 28.4. The van der Waals surface area contributed by atoms with Crippen molar-refractivity contribution >= 4 is 35.7 Å². The Morgan fingerprint density at radius 2 is 0.667 bits per heavy atom. The average Bonchev–Trinajstić information content (AvgIpc) is 3.17. The lowest BCUT2D eigenvalue weighted by Crippen LogP contribution is -2.29. The molecule has 6 heteroatoms. The fourth-order valence-corrected chi connectivity index (χ4v) is 9.63. The first kappa shape index (κ1) is 45.9. The molecule has 60 heavy (non-hydrogen) atoms. The number of aryl methyl sites for hydroxylation is 1. The molecule has 312 valence electrons. The van der Waals surface area contributed by atoms with Crippen LogP contribution in [0.25, 0.3) is 21.9 Å². The second kappa shape index (κ2) is 19.9. The lowest BCUT2D eigenvalue weighted by atomic mass is 9.97. The predicted octanol–water partition coefficient (Wildman–Crippen LogP) is 15.6. The van der Waals surface area contributed by atoms with Gasteiger partial charge in [0, 0.05) is 18.2 Å². The Bertz CT molecular complexity index is 2330. The molecule has 0 fully saturated rings. The second-order valence-corrected chi connectivity index (χ2v) is 31.8. The van der Waals surface area contributed by atoms with Crippen LogP contribution in [0.4, 0.5) is 0 Å². The Balaban J connectivity index is 0.000000245. The first-order chi connectivity index (χ1) is 28.0. The zero-order valence-electron chi connectivity index (χ0n) is 36.9. The Morgan fingerprint density at radius 3 is 1.12 bits per heavy atom. The molecule has 0 bridgehead atoms. The molecule has 0 aromatic heterocycles. The van der Waals surface area contributed by atoms with Crippen molar-refractivity contribution in [3.05, 3.63) is 197 Å². The van der Waals surface area contributed by atoms with E-state index in [4.69, 9.17) is 13.3 Å². The average molecular weight is 847 g/mol. The molecule has 7 rings (SSSR count). The molecule has 0 radical (unpaired) electrons. The number of para-hydroxylation sites is 2. The maximum Gasteiger partial charge on any atom is 0.242 e. The van der Waals surface area contributed by atoms with Crippen LogP contribution in [-0.2, 0) is 19.3 Å². The zero-order valence-corrected chi connectivity index (χ0v) is 39.9. The van der Waals surface area contributed by atoms with Crippen LogP contribution < -0.4 is 13.3 Å². The third-order valence-corrected chi connectivity index (χ3v) is 12.2. The summed E-state index contributed by atoms with van der Waals surface area (Å²) in [5.74, 6) is 3.06. The minimum Gasteiger partial charge on any atom is -0.544 e. The molecule has 0 heterocycles. The summed E-state index contributed by atoms with van der Waals surface area (Å²) < 4.78 is 18.9. The van der Waals surface area contributed by atoms with Crippen molar-refractivity contribution in [1.29, 1.82) is 0 Å². The summed E-state index contributed by atoms with van der Waals surface area (Å²) in [5, 5.41) is 2.52. The van der Waals surface area contributed by atoms with E-state index in [1.54, 1.807) is 0 Å². The van der Waals surface area contributed by atoms with E-state index in [1.165, 1.54) is 60.8 Å². The molecule has 0 saturated heterocycles. The van der Waals surface area contributed by atoms with Gasteiger partial charge in [-0.2, -0.15) is 0 Å². The third kappa shape index (κ3) is 13.7. The summed E-state index contributed by atoms with van der Waals surface area (Å²) in [4.78, 5) is 0. The van der Waals surface area contributed by atoms with Gasteiger partial charge in [0.15, 0.2) is 0 Å². The van der Waals surface area contributed by atoms with Crippen LogP contribution in [0.2, 0.25) is 58.9 Å². The number of benzene rings is 7. The van der Waals surface area contributed by atoms with E-state index in [1.807, 2.05) is 0 Å². The Hall–Kier alpha value is -5.15. The van der Waals surface area contributed by atoms with Gasteiger partial charge in [-0.1, -0.05) is 153 Å². The molecular formula is C54H66O3Si3. The molecule has 0 spiro atoms. The zero-order chi connectivity index (χ0) is 42.2. The molecule has 3 nitrogen and oxygen atoms in total. The summed E-state index contributed by atoms with van der Waals surface area (Å²) in [6.45, 7) is 22.2. The van der Waals surface area contributed by atoms with Crippen LogP contribution >= 0.6 is 0 Å². The van der Waals surface area contributed by atoms with Gasteiger partial charge >= 0.3 is 0 Å². The highest BCUT2D eigenvalue weighted by molar-refractivity contribution is 6.71. The van der Waals surface area contributed by atoms with Crippen LogP contribution in [0.15, 0.2) is 158 Å². The fraction of sp³-hybridized carbons (Fsp3) is 0.259. The molecule has 0 atom stereocenters. The first-order valence-electron chi connectivity index (χ1n) is 21.0. The Kier molecular flexibility index (Phi) is 15.3. The summed E-state index contributed by atoms with van der Waals surface area (Å²) in [6.07, 6.45) is 2.70. The second-order valence-electron chi connectivity index (χ2n) is 18.5. The molecule has 0 aliphatic carbocycles. The quantitative estimate of drug-likeness (QED) is 0.108. The van der Waals surface area contributed by atoms with Gasteiger partial charge < -0.3 is 13.3 Å². The van der Waals surface area contributed by atoms with E-state index in [9.17, 15) is 0 Å². The molecule has 0 aliphatic rings. The molecule has 0 aliphatic heterocycles. The van der Waals surface area contributed by atoms with E-state index in [-0.39, 0.29) is 7.43 Å². The third-order valence-electron chi connectivity index (χ3n) is 9.71. The van der Waals surface area contributed by atoms with Crippen LogP contribution in [-0.4, -0.2) is 25.0 Å². The largest absolute Gasteiger partial charge is 0.544 e. The summed E-state index contributed by atoms with van der Waals surface area (Å²) in [5.41, 5.74) is 11.6.